The molecule has 0 radical (unpaired) electrons. The Balaban J connectivity index is 1.74. The Bertz CT molecular complexity index is 842. The van der Waals surface area contributed by atoms with Crippen molar-refractivity contribution in [2.45, 2.75) is 43.7 Å². The summed E-state index contributed by atoms with van der Waals surface area (Å²) >= 11 is 6.22. The van der Waals surface area contributed by atoms with Crippen LogP contribution in [0.3, 0.4) is 0 Å². The van der Waals surface area contributed by atoms with Crippen LogP contribution in [-0.2, 0) is 15.7 Å². The standard InChI is InChI=1S/C19H20ClF3N2O4/c1-27-13-7-12(8-14(9-13)28-2)24-18(26)16-15(20)17(29-25-16)10-3-5-11(6-4-10)19(21,22)23/h3-6,12-14H,7-9H2,1-2H3,(H,24,26). The molecule has 1 aromatic carbocycles. The number of alkyl halides is 3. The fourth-order valence-electron chi connectivity index (χ4n) is 3.38. The first kappa shape index (κ1) is 21.6. The van der Waals surface area contributed by atoms with E-state index in [0.29, 0.717) is 12.8 Å². The zero-order valence-electron chi connectivity index (χ0n) is 15.8. The zero-order valence-corrected chi connectivity index (χ0v) is 16.5. The number of hydrogen-bond donors (Lipinski definition) is 1. The van der Waals surface area contributed by atoms with Gasteiger partial charge in [-0.05, 0) is 31.4 Å². The molecule has 0 bridgehead atoms. The second kappa shape index (κ2) is 8.73. The van der Waals surface area contributed by atoms with E-state index < -0.39 is 17.6 Å². The molecule has 29 heavy (non-hydrogen) atoms. The van der Waals surface area contributed by atoms with Gasteiger partial charge in [-0.25, -0.2) is 0 Å². The van der Waals surface area contributed by atoms with E-state index in [1.165, 1.54) is 12.1 Å². The molecule has 1 aliphatic carbocycles. The Labute approximate surface area is 170 Å². The lowest BCUT2D eigenvalue weighted by Gasteiger charge is -2.33. The molecule has 2 atom stereocenters. The van der Waals surface area contributed by atoms with Crippen molar-refractivity contribution >= 4 is 17.5 Å². The van der Waals surface area contributed by atoms with Crippen LogP contribution in [0.25, 0.3) is 11.3 Å². The van der Waals surface area contributed by atoms with Crippen LogP contribution >= 0.6 is 11.6 Å². The minimum Gasteiger partial charge on any atom is -0.381 e. The third-order valence-electron chi connectivity index (χ3n) is 4.95. The van der Waals surface area contributed by atoms with Gasteiger partial charge in [-0.3, -0.25) is 4.79 Å². The highest BCUT2D eigenvalue weighted by molar-refractivity contribution is 6.35. The van der Waals surface area contributed by atoms with Crippen LogP contribution in [0, 0.1) is 0 Å². The summed E-state index contributed by atoms with van der Waals surface area (Å²) in [5.41, 5.74) is -0.645. The van der Waals surface area contributed by atoms with Gasteiger partial charge in [-0.1, -0.05) is 28.9 Å². The van der Waals surface area contributed by atoms with Gasteiger partial charge in [-0.15, -0.1) is 0 Å². The number of aromatic nitrogens is 1. The number of benzene rings is 1. The number of amides is 1. The van der Waals surface area contributed by atoms with E-state index in [-0.39, 0.29) is 40.3 Å². The molecule has 1 N–H and O–H groups in total. The number of methoxy groups -OCH3 is 2. The SMILES string of the molecule is COC1CC(NC(=O)c2noc(-c3ccc(C(F)(F)F)cc3)c2Cl)CC(OC)C1. The van der Waals surface area contributed by atoms with Crippen molar-refractivity contribution in [3.05, 3.63) is 40.5 Å². The molecule has 10 heteroatoms. The van der Waals surface area contributed by atoms with E-state index in [1.54, 1.807) is 14.2 Å². The van der Waals surface area contributed by atoms with Crippen LogP contribution in [-0.4, -0.2) is 43.5 Å². The summed E-state index contributed by atoms with van der Waals surface area (Å²) in [6, 6.07) is 4.04. The predicted molar refractivity (Wildman–Crippen MR) is 98.7 cm³/mol. The average Bonchev–Trinajstić information content (AvgIpc) is 3.08. The maximum Gasteiger partial charge on any atom is 0.416 e. The highest BCUT2D eigenvalue weighted by atomic mass is 35.5. The van der Waals surface area contributed by atoms with Crippen molar-refractivity contribution in [3.8, 4) is 11.3 Å². The fourth-order valence-corrected chi connectivity index (χ4v) is 3.65. The molecule has 3 rings (SSSR count). The van der Waals surface area contributed by atoms with Crippen molar-refractivity contribution in [1.82, 2.24) is 10.5 Å². The van der Waals surface area contributed by atoms with Crippen molar-refractivity contribution in [2.24, 2.45) is 0 Å². The van der Waals surface area contributed by atoms with Gasteiger partial charge in [0, 0.05) is 25.8 Å². The van der Waals surface area contributed by atoms with Gasteiger partial charge in [0.25, 0.3) is 5.91 Å². The first-order valence-electron chi connectivity index (χ1n) is 8.92. The molecule has 1 aromatic heterocycles. The first-order chi connectivity index (χ1) is 13.7. The highest BCUT2D eigenvalue weighted by Gasteiger charge is 2.32. The number of halogens is 4. The summed E-state index contributed by atoms with van der Waals surface area (Å²) in [7, 11) is 3.21. The van der Waals surface area contributed by atoms with Crippen molar-refractivity contribution in [1.29, 1.82) is 0 Å². The van der Waals surface area contributed by atoms with E-state index in [2.05, 4.69) is 10.5 Å². The molecule has 1 fully saturated rings. The Morgan fingerprint density at radius 1 is 1.14 bits per heavy atom. The quantitative estimate of drug-likeness (QED) is 0.761. The molecule has 158 valence electrons. The lowest BCUT2D eigenvalue weighted by molar-refractivity contribution is -0.137. The van der Waals surface area contributed by atoms with E-state index in [1.807, 2.05) is 0 Å². The lowest BCUT2D eigenvalue weighted by atomic mass is 9.90. The first-order valence-corrected chi connectivity index (χ1v) is 9.30. The Morgan fingerprint density at radius 3 is 2.24 bits per heavy atom. The molecule has 1 amide bonds. The summed E-state index contributed by atoms with van der Waals surface area (Å²) < 4.78 is 54.0. The molecule has 0 aliphatic heterocycles. The van der Waals surface area contributed by atoms with Crippen molar-refractivity contribution in [3.63, 3.8) is 0 Å². The molecule has 2 aromatic rings. The number of hydrogen-bond acceptors (Lipinski definition) is 5. The van der Waals surface area contributed by atoms with Gasteiger partial charge in [0.15, 0.2) is 11.5 Å². The second-order valence-corrected chi connectivity index (χ2v) is 7.22. The van der Waals surface area contributed by atoms with Crippen LogP contribution in [0.1, 0.15) is 35.3 Å². The Kier molecular flexibility index (Phi) is 6.50. The van der Waals surface area contributed by atoms with Crippen LogP contribution in [0.15, 0.2) is 28.8 Å². The van der Waals surface area contributed by atoms with E-state index >= 15 is 0 Å². The molecular weight excluding hydrogens is 413 g/mol. The van der Waals surface area contributed by atoms with Crippen LogP contribution in [0.2, 0.25) is 5.02 Å². The molecule has 1 aliphatic rings. The topological polar surface area (TPSA) is 73.6 Å². The normalized spacial score (nSPS) is 22.5. The lowest BCUT2D eigenvalue weighted by Crippen LogP contribution is -2.45. The number of ether oxygens (including phenoxy) is 2. The maximum absolute atomic E-state index is 12.7. The number of carbonyl (C=O) groups is 1. The van der Waals surface area contributed by atoms with Crippen LogP contribution < -0.4 is 5.32 Å². The minimum atomic E-state index is -4.45. The summed E-state index contributed by atoms with van der Waals surface area (Å²) in [6.45, 7) is 0. The molecule has 1 saturated carbocycles. The average molecular weight is 433 g/mol. The highest BCUT2D eigenvalue weighted by Crippen LogP contribution is 2.34. The van der Waals surface area contributed by atoms with Crippen LogP contribution in [0.5, 0.6) is 0 Å². The summed E-state index contributed by atoms with van der Waals surface area (Å²) in [6.07, 6.45) is -2.58. The number of carbonyl (C=O) groups excluding carboxylic acids is 1. The molecule has 6 nitrogen and oxygen atoms in total. The smallest absolute Gasteiger partial charge is 0.381 e. The van der Waals surface area contributed by atoms with E-state index in [0.717, 1.165) is 18.6 Å². The van der Waals surface area contributed by atoms with E-state index in [4.69, 9.17) is 25.6 Å². The largest absolute Gasteiger partial charge is 0.416 e. The zero-order chi connectivity index (χ0) is 21.2. The predicted octanol–water partition coefficient (Wildman–Crippen LogP) is 4.33. The Morgan fingerprint density at radius 2 is 1.72 bits per heavy atom. The minimum absolute atomic E-state index is 0.0266. The van der Waals surface area contributed by atoms with Gasteiger partial charge in [0.1, 0.15) is 5.02 Å². The van der Waals surface area contributed by atoms with Crippen molar-refractivity contribution < 1.29 is 32.0 Å². The number of rotatable bonds is 5. The number of nitrogens with one attached hydrogen (secondary N) is 1. The summed E-state index contributed by atoms with van der Waals surface area (Å²) in [5.74, 6) is -0.507. The summed E-state index contributed by atoms with van der Waals surface area (Å²) in [4.78, 5) is 12.6. The second-order valence-electron chi connectivity index (χ2n) is 6.84. The van der Waals surface area contributed by atoms with E-state index in [9.17, 15) is 18.0 Å². The molecule has 2 unspecified atom stereocenters. The molecule has 0 spiro atoms. The molecular formula is C19H20ClF3N2O4. The van der Waals surface area contributed by atoms with Gasteiger partial charge < -0.3 is 19.3 Å². The summed E-state index contributed by atoms with van der Waals surface area (Å²) in [5, 5.41) is 6.48. The van der Waals surface area contributed by atoms with Gasteiger partial charge in [-0.2, -0.15) is 13.2 Å². The number of nitrogens with zero attached hydrogens (tertiary/aromatic N) is 1. The third-order valence-corrected chi connectivity index (χ3v) is 5.30. The maximum atomic E-state index is 12.7. The Hall–Kier alpha value is -2.10. The molecule has 0 saturated heterocycles. The third kappa shape index (κ3) is 4.91. The van der Waals surface area contributed by atoms with Crippen LogP contribution in [0.4, 0.5) is 13.2 Å². The molecule has 1 heterocycles. The van der Waals surface area contributed by atoms with Gasteiger partial charge >= 0.3 is 6.18 Å². The van der Waals surface area contributed by atoms with Gasteiger partial charge in [0.05, 0.1) is 17.8 Å². The van der Waals surface area contributed by atoms with Crippen molar-refractivity contribution in [2.75, 3.05) is 14.2 Å². The van der Waals surface area contributed by atoms with Gasteiger partial charge in [0.2, 0.25) is 0 Å². The fraction of sp³-hybridized carbons (Fsp3) is 0.474. The monoisotopic (exact) mass is 432 g/mol.